The molecule has 1 aromatic heterocycles. The Labute approximate surface area is 130 Å². The Kier molecular flexibility index (Phi) is 6.12. The highest BCUT2D eigenvalue weighted by Gasteiger charge is 2.21. The minimum atomic E-state index is -3.10. The second kappa shape index (κ2) is 7.64. The number of nitrogens with one attached hydrogen (secondary N) is 1. The summed E-state index contributed by atoms with van der Waals surface area (Å²) in [5, 5.41) is 3.08. The monoisotopic (exact) mass is 333 g/mol. The molecule has 0 amide bonds. The molecule has 1 aromatic rings. The lowest BCUT2D eigenvalue weighted by Crippen LogP contribution is -2.40. The van der Waals surface area contributed by atoms with E-state index < -0.39 is 10.0 Å². The highest BCUT2D eigenvalue weighted by Crippen LogP contribution is 2.19. The molecule has 1 aliphatic heterocycles. The quantitative estimate of drug-likeness (QED) is 0.807. The van der Waals surface area contributed by atoms with Crippen molar-refractivity contribution >= 4 is 21.4 Å². The van der Waals surface area contributed by atoms with Crippen LogP contribution in [0.3, 0.4) is 0 Å². The number of rotatable bonds is 7. The van der Waals surface area contributed by atoms with Crippen LogP contribution in [-0.4, -0.2) is 51.3 Å². The van der Waals surface area contributed by atoms with Crippen molar-refractivity contribution in [1.82, 2.24) is 14.6 Å². The molecular formula is C13H23N3O3S2. The van der Waals surface area contributed by atoms with E-state index in [1.165, 1.54) is 6.26 Å². The lowest BCUT2D eigenvalue weighted by molar-refractivity contribution is 0.166. The van der Waals surface area contributed by atoms with E-state index in [1.54, 1.807) is 18.4 Å². The van der Waals surface area contributed by atoms with Crippen molar-refractivity contribution in [3.63, 3.8) is 0 Å². The Morgan fingerprint density at radius 3 is 3.10 bits per heavy atom. The van der Waals surface area contributed by atoms with E-state index in [2.05, 4.69) is 20.0 Å². The van der Waals surface area contributed by atoms with Gasteiger partial charge in [0, 0.05) is 32.1 Å². The molecule has 0 spiro atoms. The average Bonchev–Trinajstić information content (AvgIpc) is 2.84. The molecule has 1 fully saturated rings. The van der Waals surface area contributed by atoms with Crippen molar-refractivity contribution in [1.29, 1.82) is 0 Å². The van der Waals surface area contributed by atoms with Gasteiger partial charge in [-0.25, -0.2) is 18.1 Å². The molecule has 1 N–H and O–H groups in total. The zero-order valence-electron chi connectivity index (χ0n) is 12.5. The van der Waals surface area contributed by atoms with Gasteiger partial charge in [0.15, 0.2) is 0 Å². The van der Waals surface area contributed by atoms with Gasteiger partial charge in [0.2, 0.25) is 10.0 Å². The number of ether oxygens (including phenoxy) is 1. The van der Waals surface area contributed by atoms with E-state index in [0.29, 0.717) is 19.1 Å². The third-order valence-electron chi connectivity index (χ3n) is 3.49. The van der Waals surface area contributed by atoms with Gasteiger partial charge in [-0.1, -0.05) is 0 Å². The van der Waals surface area contributed by atoms with Crippen LogP contribution >= 0.6 is 11.3 Å². The highest BCUT2D eigenvalue weighted by molar-refractivity contribution is 7.88. The summed E-state index contributed by atoms with van der Waals surface area (Å²) in [6.45, 7) is 3.88. The molecule has 21 heavy (non-hydrogen) atoms. The standard InChI is InChI=1S/C13H23N3O3S2/c1-19-9-13-15-12(10-20-13)8-16-5-3-4-11(7-16)6-14-21(2,17)18/h10-11,14H,3-9H2,1-2H3. The van der Waals surface area contributed by atoms with Gasteiger partial charge in [-0.15, -0.1) is 11.3 Å². The first-order valence-corrected chi connectivity index (χ1v) is 9.82. The SMILES string of the molecule is COCc1nc(CN2CCCC(CNS(C)(=O)=O)C2)cs1. The van der Waals surface area contributed by atoms with Gasteiger partial charge in [-0.3, -0.25) is 4.90 Å². The number of likely N-dealkylation sites (tertiary alicyclic amines) is 1. The first-order chi connectivity index (χ1) is 9.96. The van der Waals surface area contributed by atoms with Gasteiger partial charge in [0.05, 0.1) is 18.6 Å². The minimum Gasteiger partial charge on any atom is -0.378 e. The van der Waals surface area contributed by atoms with Crippen LogP contribution in [0.2, 0.25) is 0 Å². The summed E-state index contributed by atoms with van der Waals surface area (Å²) in [6.07, 6.45) is 3.39. The molecule has 6 nitrogen and oxygen atoms in total. The Morgan fingerprint density at radius 1 is 1.57 bits per heavy atom. The maximum absolute atomic E-state index is 11.2. The van der Waals surface area contributed by atoms with E-state index >= 15 is 0 Å². The molecule has 1 unspecified atom stereocenters. The molecule has 2 heterocycles. The number of hydrogen-bond donors (Lipinski definition) is 1. The van der Waals surface area contributed by atoms with Crippen molar-refractivity contribution in [3.8, 4) is 0 Å². The largest absolute Gasteiger partial charge is 0.378 e. The van der Waals surface area contributed by atoms with Crippen LogP contribution in [0.5, 0.6) is 0 Å². The molecule has 1 atom stereocenters. The number of aromatic nitrogens is 1. The maximum atomic E-state index is 11.2. The smallest absolute Gasteiger partial charge is 0.208 e. The summed E-state index contributed by atoms with van der Waals surface area (Å²) in [5.74, 6) is 0.380. The van der Waals surface area contributed by atoms with E-state index in [1.807, 2.05) is 0 Å². The van der Waals surface area contributed by atoms with Crippen molar-refractivity contribution in [2.75, 3.05) is 33.0 Å². The van der Waals surface area contributed by atoms with Gasteiger partial charge in [0.25, 0.3) is 0 Å². The topological polar surface area (TPSA) is 71.5 Å². The van der Waals surface area contributed by atoms with Gasteiger partial charge in [0.1, 0.15) is 5.01 Å². The summed E-state index contributed by atoms with van der Waals surface area (Å²) >= 11 is 1.62. The zero-order chi connectivity index (χ0) is 15.3. The van der Waals surface area contributed by atoms with E-state index in [9.17, 15) is 8.42 Å². The molecule has 0 bridgehead atoms. The summed E-state index contributed by atoms with van der Waals surface area (Å²) in [7, 11) is -1.42. The van der Waals surface area contributed by atoms with E-state index in [-0.39, 0.29) is 0 Å². The molecule has 8 heteroatoms. The first-order valence-electron chi connectivity index (χ1n) is 7.05. The number of piperidine rings is 1. The Bertz CT molecular complexity index is 545. The Morgan fingerprint density at radius 2 is 2.38 bits per heavy atom. The molecule has 1 saturated heterocycles. The number of hydrogen-bond acceptors (Lipinski definition) is 6. The van der Waals surface area contributed by atoms with Crippen LogP contribution in [0, 0.1) is 5.92 Å². The van der Waals surface area contributed by atoms with Crippen molar-refractivity contribution in [2.45, 2.75) is 26.0 Å². The van der Waals surface area contributed by atoms with Gasteiger partial charge < -0.3 is 4.74 Å². The van der Waals surface area contributed by atoms with E-state index in [4.69, 9.17) is 4.74 Å². The summed E-state index contributed by atoms with van der Waals surface area (Å²) in [4.78, 5) is 6.90. The lowest BCUT2D eigenvalue weighted by atomic mass is 9.98. The first kappa shape index (κ1) is 16.8. The summed E-state index contributed by atoms with van der Waals surface area (Å²) in [6, 6.07) is 0. The summed E-state index contributed by atoms with van der Waals surface area (Å²) in [5.41, 5.74) is 1.07. The average molecular weight is 333 g/mol. The summed E-state index contributed by atoms with van der Waals surface area (Å²) < 4.78 is 30.0. The number of thiazole rings is 1. The highest BCUT2D eigenvalue weighted by atomic mass is 32.2. The third kappa shape index (κ3) is 5.99. The fraction of sp³-hybridized carbons (Fsp3) is 0.769. The van der Waals surface area contributed by atoms with Crippen LogP contribution in [0.15, 0.2) is 5.38 Å². The van der Waals surface area contributed by atoms with Crippen LogP contribution in [0.1, 0.15) is 23.5 Å². The normalized spacial score (nSPS) is 20.8. The molecule has 2 rings (SSSR count). The molecule has 0 radical (unpaired) electrons. The second-order valence-corrected chi connectivity index (χ2v) is 8.31. The van der Waals surface area contributed by atoms with Crippen LogP contribution in [-0.2, 0) is 27.9 Å². The fourth-order valence-corrected chi connectivity index (χ4v) is 3.86. The van der Waals surface area contributed by atoms with Crippen molar-refractivity contribution in [3.05, 3.63) is 16.1 Å². The van der Waals surface area contributed by atoms with Crippen molar-refractivity contribution < 1.29 is 13.2 Å². The predicted molar refractivity (Wildman–Crippen MR) is 83.7 cm³/mol. The maximum Gasteiger partial charge on any atom is 0.208 e. The predicted octanol–water partition coefficient (Wildman–Crippen LogP) is 1.05. The molecule has 1 aliphatic rings. The third-order valence-corrected chi connectivity index (χ3v) is 5.05. The molecular weight excluding hydrogens is 310 g/mol. The zero-order valence-corrected chi connectivity index (χ0v) is 14.2. The van der Waals surface area contributed by atoms with Gasteiger partial charge >= 0.3 is 0 Å². The number of nitrogens with zero attached hydrogens (tertiary/aromatic N) is 2. The molecule has 0 aliphatic carbocycles. The Hall–Kier alpha value is -0.540. The van der Waals surface area contributed by atoms with Gasteiger partial charge in [-0.2, -0.15) is 0 Å². The van der Waals surface area contributed by atoms with Crippen LogP contribution in [0.25, 0.3) is 0 Å². The second-order valence-electron chi connectivity index (χ2n) is 5.53. The van der Waals surface area contributed by atoms with Crippen LogP contribution in [0.4, 0.5) is 0 Å². The number of methoxy groups -OCH3 is 1. The molecule has 120 valence electrons. The molecule has 0 saturated carbocycles. The van der Waals surface area contributed by atoms with Gasteiger partial charge in [-0.05, 0) is 25.3 Å². The molecule has 0 aromatic carbocycles. The number of sulfonamides is 1. The van der Waals surface area contributed by atoms with E-state index in [0.717, 1.165) is 43.2 Å². The Balaban J connectivity index is 1.82. The fourth-order valence-electron chi connectivity index (χ4n) is 2.57. The van der Waals surface area contributed by atoms with Crippen molar-refractivity contribution in [2.24, 2.45) is 5.92 Å². The van der Waals surface area contributed by atoms with Crippen LogP contribution < -0.4 is 4.72 Å². The lowest BCUT2D eigenvalue weighted by Gasteiger charge is -2.32. The minimum absolute atomic E-state index is 0.380.